The molecule has 1 aromatic rings. The Morgan fingerprint density at radius 2 is 2.18 bits per heavy atom. The van der Waals surface area contributed by atoms with Crippen LogP contribution in [0.5, 0.6) is 11.5 Å². The number of methoxy groups -OCH3 is 1. The lowest BCUT2D eigenvalue weighted by Crippen LogP contribution is -1.98. The van der Waals surface area contributed by atoms with Crippen LogP contribution in [-0.2, 0) is 0 Å². The van der Waals surface area contributed by atoms with Crippen molar-refractivity contribution in [2.75, 3.05) is 13.7 Å². The number of rotatable bonds is 6. The SMILES string of the molecule is CCCOc1cc(/C=C/[N+](=O)[O-])ccc1OC. The van der Waals surface area contributed by atoms with Gasteiger partial charge in [-0.15, -0.1) is 0 Å². The summed E-state index contributed by atoms with van der Waals surface area (Å²) < 4.78 is 10.6. The van der Waals surface area contributed by atoms with E-state index in [2.05, 4.69) is 0 Å². The number of hydrogen-bond acceptors (Lipinski definition) is 4. The monoisotopic (exact) mass is 237 g/mol. The highest BCUT2D eigenvalue weighted by molar-refractivity contribution is 5.55. The Balaban J connectivity index is 2.91. The Kier molecular flexibility index (Phi) is 5.00. The first-order valence-corrected chi connectivity index (χ1v) is 5.30. The van der Waals surface area contributed by atoms with E-state index in [0.717, 1.165) is 12.6 Å². The maximum atomic E-state index is 10.2. The van der Waals surface area contributed by atoms with Crippen LogP contribution in [0.15, 0.2) is 24.4 Å². The van der Waals surface area contributed by atoms with E-state index in [1.54, 1.807) is 25.3 Å². The molecule has 0 saturated carbocycles. The first-order valence-electron chi connectivity index (χ1n) is 5.30. The van der Waals surface area contributed by atoms with Crippen molar-refractivity contribution in [1.29, 1.82) is 0 Å². The van der Waals surface area contributed by atoms with Gasteiger partial charge in [0.25, 0.3) is 0 Å². The Hall–Kier alpha value is -2.04. The van der Waals surface area contributed by atoms with Gasteiger partial charge in [0.1, 0.15) is 0 Å². The second kappa shape index (κ2) is 6.52. The van der Waals surface area contributed by atoms with Gasteiger partial charge >= 0.3 is 0 Å². The standard InChI is InChI=1S/C12H15NO4/c1-3-8-17-12-9-10(6-7-13(14)15)4-5-11(12)16-2/h4-7,9H,3,8H2,1-2H3/b7-6+. The Labute approximate surface area is 99.8 Å². The van der Waals surface area contributed by atoms with Crippen molar-refractivity contribution in [3.8, 4) is 11.5 Å². The van der Waals surface area contributed by atoms with Gasteiger partial charge in [-0.05, 0) is 24.1 Å². The molecule has 0 radical (unpaired) electrons. The van der Waals surface area contributed by atoms with Crippen molar-refractivity contribution >= 4 is 6.08 Å². The van der Waals surface area contributed by atoms with Crippen molar-refractivity contribution in [2.24, 2.45) is 0 Å². The van der Waals surface area contributed by atoms with E-state index < -0.39 is 4.92 Å². The summed E-state index contributed by atoms with van der Waals surface area (Å²) in [6, 6.07) is 5.18. The molecule has 0 bridgehead atoms. The lowest BCUT2D eigenvalue weighted by atomic mass is 10.2. The molecule has 0 heterocycles. The number of nitro groups is 1. The Morgan fingerprint density at radius 1 is 1.41 bits per heavy atom. The van der Waals surface area contributed by atoms with E-state index in [1.807, 2.05) is 6.92 Å². The minimum Gasteiger partial charge on any atom is -0.493 e. The van der Waals surface area contributed by atoms with Crippen LogP contribution in [0.4, 0.5) is 0 Å². The molecular formula is C12H15NO4. The van der Waals surface area contributed by atoms with Crippen LogP contribution < -0.4 is 9.47 Å². The number of nitrogens with zero attached hydrogens (tertiary/aromatic N) is 1. The van der Waals surface area contributed by atoms with Crippen LogP contribution in [0, 0.1) is 10.1 Å². The van der Waals surface area contributed by atoms with Crippen molar-refractivity contribution in [3.05, 3.63) is 40.1 Å². The maximum Gasteiger partial charge on any atom is 0.235 e. The highest BCUT2D eigenvalue weighted by Gasteiger charge is 2.04. The van der Waals surface area contributed by atoms with Gasteiger partial charge in [-0.1, -0.05) is 13.0 Å². The summed E-state index contributed by atoms with van der Waals surface area (Å²) >= 11 is 0. The van der Waals surface area contributed by atoms with Gasteiger partial charge in [0.2, 0.25) is 6.20 Å². The molecule has 5 heteroatoms. The van der Waals surface area contributed by atoms with E-state index in [1.165, 1.54) is 6.08 Å². The molecule has 0 amide bonds. The largest absolute Gasteiger partial charge is 0.493 e. The fourth-order valence-corrected chi connectivity index (χ4v) is 1.27. The van der Waals surface area contributed by atoms with E-state index in [0.29, 0.717) is 23.7 Å². The number of ether oxygens (including phenoxy) is 2. The van der Waals surface area contributed by atoms with Crippen LogP contribution in [0.1, 0.15) is 18.9 Å². The van der Waals surface area contributed by atoms with Gasteiger partial charge in [-0.3, -0.25) is 10.1 Å². The van der Waals surface area contributed by atoms with Crippen LogP contribution in [-0.4, -0.2) is 18.6 Å². The van der Waals surface area contributed by atoms with Crippen LogP contribution >= 0.6 is 0 Å². The lowest BCUT2D eigenvalue weighted by molar-refractivity contribution is -0.400. The Morgan fingerprint density at radius 3 is 2.76 bits per heavy atom. The number of hydrogen-bond donors (Lipinski definition) is 0. The molecule has 1 rings (SSSR count). The van der Waals surface area contributed by atoms with Crippen LogP contribution in [0.2, 0.25) is 0 Å². The number of benzene rings is 1. The minimum atomic E-state index is -0.503. The molecule has 0 unspecified atom stereocenters. The second-order valence-electron chi connectivity index (χ2n) is 3.36. The highest BCUT2D eigenvalue weighted by atomic mass is 16.6. The second-order valence-corrected chi connectivity index (χ2v) is 3.36. The average molecular weight is 237 g/mol. The van der Waals surface area contributed by atoms with E-state index in [-0.39, 0.29) is 0 Å². The van der Waals surface area contributed by atoms with Crippen molar-refractivity contribution in [3.63, 3.8) is 0 Å². The minimum absolute atomic E-state index is 0.503. The predicted molar refractivity (Wildman–Crippen MR) is 64.8 cm³/mol. The Bertz CT molecular complexity index is 415. The quantitative estimate of drug-likeness (QED) is 0.563. The molecule has 0 aromatic heterocycles. The van der Waals surface area contributed by atoms with Crippen molar-refractivity contribution in [2.45, 2.75) is 13.3 Å². The van der Waals surface area contributed by atoms with Crippen LogP contribution in [0.3, 0.4) is 0 Å². The first-order chi connectivity index (χ1) is 8.17. The summed E-state index contributed by atoms with van der Waals surface area (Å²) in [6.45, 7) is 2.59. The zero-order valence-corrected chi connectivity index (χ0v) is 9.88. The van der Waals surface area contributed by atoms with Gasteiger partial charge in [0, 0.05) is 6.08 Å². The van der Waals surface area contributed by atoms with E-state index in [9.17, 15) is 10.1 Å². The average Bonchev–Trinajstić information content (AvgIpc) is 2.33. The third-order valence-corrected chi connectivity index (χ3v) is 2.04. The van der Waals surface area contributed by atoms with Gasteiger partial charge in [-0.2, -0.15) is 0 Å². The highest BCUT2D eigenvalue weighted by Crippen LogP contribution is 2.28. The predicted octanol–water partition coefficient (Wildman–Crippen LogP) is 2.73. The normalized spacial score (nSPS) is 10.5. The smallest absolute Gasteiger partial charge is 0.235 e. The molecule has 0 aliphatic rings. The maximum absolute atomic E-state index is 10.2. The molecule has 0 spiro atoms. The van der Waals surface area contributed by atoms with E-state index >= 15 is 0 Å². The fourth-order valence-electron chi connectivity index (χ4n) is 1.27. The third kappa shape index (κ3) is 4.14. The molecule has 0 atom stereocenters. The van der Waals surface area contributed by atoms with E-state index in [4.69, 9.17) is 9.47 Å². The molecular weight excluding hydrogens is 222 g/mol. The third-order valence-electron chi connectivity index (χ3n) is 2.04. The van der Waals surface area contributed by atoms with Gasteiger partial charge in [-0.25, -0.2) is 0 Å². The summed E-state index contributed by atoms with van der Waals surface area (Å²) in [6.07, 6.45) is 3.20. The molecule has 0 fully saturated rings. The van der Waals surface area contributed by atoms with Gasteiger partial charge in [0.05, 0.1) is 18.6 Å². The molecule has 5 nitrogen and oxygen atoms in total. The molecule has 1 aromatic carbocycles. The first kappa shape index (κ1) is 13.0. The molecule has 0 N–H and O–H groups in total. The van der Waals surface area contributed by atoms with Crippen LogP contribution in [0.25, 0.3) is 6.08 Å². The molecule has 0 aliphatic carbocycles. The van der Waals surface area contributed by atoms with Gasteiger partial charge in [0.15, 0.2) is 11.5 Å². The summed E-state index contributed by atoms with van der Waals surface area (Å²) in [7, 11) is 1.56. The summed E-state index contributed by atoms with van der Waals surface area (Å²) in [5.74, 6) is 1.22. The van der Waals surface area contributed by atoms with Gasteiger partial charge < -0.3 is 9.47 Å². The molecule has 17 heavy (non-hydrogen) atoms. The topological polar surface area (TPSA) is 61.6 Å². The zero-order valence-electron chi connectivity index (χ0n) is 9.88. The zero-order chi connectivity index (χ0) is 12.7. The summed E-state index contributed by atoms with van der Waals surface area (Å²) in [5.41, 5.74) is 0.702. The summed E-state index contributed by atoms with van der Waals surface area (Å²) in [4.78, 5) is 9.71. The summed E-state index contributed by atoms with van der Waals surface area (Å²) in [5, 5.41) is 10.2. The fraction of sp³-hybridized carbons (Fsp3) is 0.333. The lowest BCUT2D eigenvalue weighted by Gasteiger charge is -2.10. The molecule has 0 saturated heterocycles. The molecule has 92 valence electrons. The molecule has 0 aliphatic heterocycles. The van der Waals surface area contributed by atoms with Crippen molar-refractivity contribution in [1.82, 2.24) is 0 Å². The van der Waals surface area contributed by atoms with Crippen molar-refractivity contribution < 1.29 is 14.4 Å².